The third-order valence-electron chi connectivity index (χ3n) is 3.77. The molecule has 1 fully saturated rings. The lowest BCUT2D eigenvalue weighted by Gasteiger charge is -2.09. The molecule has 0 atom stereocenters. The summed E-state index contributed by atoms with van der Waals surface area (Å²) >= 11 is 0. The van der Waals surface area contributed by atoms with Crippen LogP contribution in [0.15, 0.2) is 36.4 Å². The predicted molar refractivity (Wildman–Crippen MR) is 81.2 cm³/mol. The van der Waals surface area contributed by atoms with Crippen LogP contribution in [0, 0.1) is 19.7 Å². The van der Waals surface area contributed by atoms with Gasteiger partial charge in [-0.25, -0.2) is 4.39 Å². The Bertz CT molecular complexity index is 609. The third-order valence-corrected chi connectivity index (χ3v) is 3.77. The first-order valence-electron chi connectivity index (χ1n) is 7.22. The van der Waals surface area contributed by atoms with E-state index in [1.807, 2.05) is 12.1 Å². The van der Waals surface area contributed by atoms with Gasteiger partial charge in [0.05, 0.1) is 0 Å². The molecular formula is C18H20FN. The summed E-state index contributed by atoms with van der Waals surface area (Å²) in [5.41, 5.74) is 5.21. The second kappa shape index (κ2) is 5.37. The van der Waals surface area contributed by atoms with Crippen LogP contribution in [-0.4, -0.2) is 6.04 Å². The van der Waals surface area contributed by atoms with Crippen molar-refractivity contribution in [2.45, 2.75) is 39.3 Å². The maximum Gasteiger partial charge on any atom is 0.128 e. The highest BCUT2D eigenvalue weighted by Gasteiger charge is 2.20. The number of rotatable bonds is 4. The summed E-state index contributed by atoms with van der Waals surface area (Å²) in [6, 6.07) is 12.5. The van der Waals surface area contributed by atoms with Gasteiger partial charge in [0.25, 0.3) is 0 Å². The lowest BCUT2D eigenvalue weighted by molar-refractivity contribution is 0.587. The summed E-state index contributed by atoms with van der Waals surface area (Å²) in [4.78, 5) is 0. The van der Waals surface area contributed by atoms with Crippen molar-refractivity contribution >= 4 is 0 Å². The van der Waals surface area contributed by atoms with E-state index in [1.165, 1.54) is 24.0 Å². The molecule has 0 unspecified atom stereocenters. The van der Waals surface area contributed by atoms with Crippen molar-refractivity contribution < 1.29 is 4.39 Å². The first-order valence-corrected chi connectivity index (χ1v) is 7.22. The fraction of sp³-hybridized carbons (Fsp3) is 0.333. The van der Waals surface area contributed by atoms with E-state index < -0.39 is 0 Å². The molecule has 2 aromatic carbocycles. The minimum atomic E-state index is -0.116. The van der Waals surface area contributed by atoms with Crippen molar-refractivity contribution in [1.29, 1.82) is 0 Å². The lowest BCUT2D eigenvalue weighted by atomic mass is 9.99. The Morgan fingerprint density at radius 3 is 2.30 bits per heavy atom. The fourth-order valence-corrected chi connectivity index (χ4v) is 2.55. The van der Waals surface area contributed by atoms with Crippen molar-refractivity contribution in [2.24, 2.45) is 0 Å². The van der Waals surface area contributed by atoms with Crippen LogP contribution in [0.2, 0.25) is 0 Å². The highest BCUT2D eigenvalue weighted by atomic mass is 19.1. The van der Waals surface area contributed by atoms with Crippen molar-refractivity contribution in [3.63, 3.8) is 0 Å². The molecule has 104 valence electrons. The van der Waals surface area contributed by atoms with Gasteiger partial charge in [0, 0.05) is 18.2 Å². The highest BCUT2D eigenvalue weighted by molar-refractivity contribution is 5.65. The molecular weight excluding hydrogens is 249 g/mol. The van der Waals surface area contributed by atoms with Gasteiger partial charge >= 0.3 is 0 Å². The number of nitrogens with one attached hydrogen (secondary N) is 1. The molecule has 0 aromatic heterocycles. The van der Waals surface area contributed by atoms with E-state index in [9.17, 15) is 4.39 Å². The molecule has 2 aromatic rings. The van der Waals surface area contributed by atoms with Gasteiger partial charge in [-0.2, -0.15) is 0 Å². The molecule has 1 aliphatic rings. The molecule has 0 heterocycles. The number of hydrogen-bond donors (Lipinski definition) is 1. The fourth-order valence-electron chi connectivity index (χ4n) is 2.55. The first-order chi connectivity index (χ1) is 9.61. The van der Waals surface area contributed by atoms with Gasteiger partial charge in [0.2, 0.25) is 0 Å². The average molecular weight is 269 g/mol. The smallest absolute Gasteiger partial charge is 0.128 e. The second-order valence-corrected chi connectivity index (χ2v) is 5.84. The van der Waals surface area contributed by atoms with E-state index in [1.54, 1.807) is 6.07 Å². The van der Waals surface area contributed by atoms with Crippen LogP contribution in [0.3, 0.4) is 0 Å². The monoisotopic (exact) mass is 269 g/mol. The quantitative estimate of drug-likeness (QED) is 0.869. The van der Waals surface area contributed by atoms with Crippen molar-refractivity contribution in [3.05, 3.63) is 58.9 Å². The summed E-state index contributed by atoms with van der Waals surface area (Å²) in [5, 5.41) is 3.35. The summed E-state index contributed by atoms with van der Waals surface area (Å²) in [7, 11) is 0. The van der Waals surface area contributed by atoms with Crippen LogP contribution >= 0.6 is 0 Å². The Morgan fingerprint density at radius 2 is 1.70 bits per heavy atom. The van der Waals surface area contributed by atoms with Crippen molar-refractivity contribution in [1.82, 2.24) is 5.32 Å². The van der Waals surface area contributed by atoms with Gasteiger partial charge in [-0.15, -0.1) is 0 Å². The minimum Gasteiger partial charge on any atom is -0.310 e. The van der Waals surface area contributed by atoms with Crippen LogP contribution in [0.1, 0.15) is 29.5 Å². The summed E-state index contributed by atoms with van der Waals surface area (Å²) in [5.74, 6) is -0.116. The molecule has 0 bridgehead atoms. The molecule has 0 radical (unpaired) electrons. The molecule has 1 aliphatic carbocycles. The molecule has 0 amide bonds. The summed E-state index contributed by atoms with van der Waals surface area (Å²) < 4.78 is 14.2. The largest absolute Gasteiger partial charge is 0.310 e. The predicted octanol–water partition coefficient (Wildman–Crippen LogP) is 4.36. The third kappa shape index (κ3) is 3.07. The summed E-state index contributed by atoms with van der Waals surface area (Å²) in [6.45, 7) is 4.77. The Balaban J connectivity index is 1.84. The van der Waals surface area contributed by atoms with Gasteiger partial charge in [-0.05, 0) is 43.9 Å². The molecule has 20 heavy (non-hydrogen) atoms. The van der Waals surface area contributed by atoms with E-state index in [2.05, 4.69) is 37.4 Å². The Morgan fingerprint density at radius 1 is 1.00 bits per heavy atom. The SMILES string of the molecule is Cc1cc(C)cc(-c2ccc(CNC3CC3)c(F)c2)c1. The van der Waals surface area contributed by atoms with Crippen LogP contribution in [0.25, 0.3) is 11.1 Å². The van der Waals surface area contributed by atoms with Gasteiger partial charge in [-0.3, -0.25) is 0 Å². The average Bonchev–Trinajstić information content (AvgIpc) is 3.20. The van der Waals surface area contributed by atoms with E-state index in [4.69, 9.17) is 0 Å². The van der Waals surface area contributed by atoms with Crippen molar-refractivity contribution in [2.75, 3.05) is 0 Å². The standard InChI is InChI=1S/C18H20FN/c1-12-7-13(2)9-16(8-12)14-3-4-15(18(19)10-14)11-20-17-5-6-17/h3-4,7-10,17,20H,5-6,11H2,1-2H3. The minimum absolute atomic E-state index is 0.116. The lowest BCUT2D eigenvalue weighted by Crippen LogP contribution is -2.16. The van der Waals surface area contributed by atoms with E-state index >= 15 is 0 Å². The highest BCUT2D eigenvalue weighted by Crippen LogP contribution is 2.25. The molecule has 1 saturated carbocycles. The molecule has 2 heteroatoms. The Kier molecular flexibility index (Phi) is 3.58. The first kappa shape index (κ1) is 13.3. The Hall–Kier alpha value is -1.67. The topological polar surface area (TPSA) is 12.0 Å². The molecule has 0 saturated heterocycles. The molecule has 0 aliphatic heterocycles. The van der Waals surface area contributed by atoms with Gasteiger partial charge in [-0.1, -0.05) is 41.5 Å². The summed E-state index contributed by atoms with van der Waals surface area (Å²) in [6.07, 6.45) is 2.45. The molecule has 1 nitrogen and oxygen atoms in total. The Labute approximate surface area is 119 Å². The van der Waals surface area contributed by atoms with E-state index in [-0.39, 0.29) is 5.82 Å². The van der Waals surface area contributed by atoms with Crippen LogP contribution in [0.4, 0.5) is 4.39 Å². The molecule has 1 N–H and O–H groups in total. The maximum absolute atomic E-state index is 14.2. The normalized spacial score (nSPS) is 14.6. The van der Waals surface area contributed by atoms with Gasteiger partial charge < -0.3 is 5.32 Å². The number of benzene rings is 2. The molecule has 3 rings (SSSR count). The van der Waals surface area contributed by atoms with Crippen LogP contribution < -0.4 is 5.32 Å². The van der Waals surface area contributed by atoms with E-state index in [0.717, 1.165) is 16.7 Å². The second-order valence-electron chi connectivity index (χ2n) is 5.84. The van der Waals surface area contributed by atoms with Gasteiger partial charge in [0.1, 0.15) is 5.82 Å². The number of aryl methyl sites for hydroxylation is 2. The van der Waals surface area contributed by atoms with Crippen molar-refractivity contribution in [3.8, 4) is 11.1 Å². The zero-order valence-corrected chi connectivity index (χ0v) is 12.0. The van der Waals surface area contributed by atoms with Gasteiger partial charge in [0.15, 0.2) is 0 Å². The van der Waals surface area contributed by atoms with Crippen LogP contribution in [0.5, 0.6) is 0 Å². The van der Waals surface area contributed by atoms with E-state index in [0.29, 0.717) is 12.6 Å². The van der Waals surface area contributed by atoms with Crippen LogP contribution in [-0.2, 0) is 6.54 Å². The maximum atomic E-state index is 14.2. The zero-order valence-electron chi connectivity index (χ0n) is 12.0. The number of halogens is 1. The number of hydrogen-bond acceptors (Lipinski definition) is 1. The molecule has 0 spiro atoms. The zero-order chi connectivity index (χ0) is 14.1.